The Morgan fingerprint density at radius 3 is 2.80 bits per heavy atom. The molecule has 2 heterocycles. The van der Waals surface area contributed by atoms with Crippen LogP contribution in [-0.4, -0.2) is 17.4 Å². The third-order valence-electron chi connectivity index (χ3n) is 2.87. The van der Waals surface area contributed by atoms with Crippen molar-refractivity contribution in [3.8, 4) is 10.4 Å². The number of aromatic nitrogens is 1. The van der Waals surface area contributed by atoms with Crippen LogP contribution in [0.25, 0.3) is 10.4 Å². The van der Waals surface area contributed by atoms with Gasteiger partial charge in [0, 0.05) is 28.7 Å². The van der Waals surface area contributed by atoms with Crippen molar-refractivity contribution in [3.63, 3.8) is 0 Å². The van der Waals surface area contributed by atoms with Crippen molar-refractivity contribution in [2.75, 3.05) is 6.54 Å². The van der Waals surface area contributed by atoms with E-state index in [-0.39, 0.29) is 11.5 Å². The molecule has 0 fully saturated rings. The van der Waals surface area contributed by atoms with Crippen molar-refractivity contribution in [2.24, 2.45) is 5.92 Å². The number of hydrogen-bond donors (Lipinski definition) is 2. The number of rotatable bonds is 4. The smallest absolute Gasteiger partial charge is 0.261 e. The van der Waals surface area contributed by atoms with Crippen LogP contribution in [0.5, 0.6) is 0 Å². The number of aromatic amines is 1. The molecule has 2 N–H and O–H groups in total. The zero-order valence-electron chi connectivity index (χ0n) is 11.8. The van der Waals surface area contributed by atoms with Gasteiger partial charge in [-0.15, -0.1) is 11.3 Å². The molecule has 5 heteroatoms. The fourth-order valence-corrected chi connectivity index (χ4v) is 2.65. The van der Waals surface area contributed by atoms with Gasteiger partial charge in [-0.05, 0) is 31.0 Å². The van der Waals surface area contributed by atoms with Crippen LogP contribution in [0.2, 0.25) is 0 Å². The van der Waals surface area contributed by atoms with Gasteiger partial charge in [0.2, 0.25) is 0 Å². The number of hydrogen-bond acceptors (Lipinski definition) is 3. The van der Waals surface area contributed by atoms with Gasteiger partial charge in [0.05, 0.1) is 4.88 Å². The average molecular weight is 290 g/mol. The molecule has 2 aromatic rings. The van der Waals surface area contributed by atoms with E-state index in [9.17, 15) is 9.59 Å². The lowest BCUT2D eigenvalue weighted by molar-refractivity contribution is 0.0953. The molecule has 0 aliphatic heterocycles. The van der Waals surface area contributed by atoms with Crippen molar-refractivity contribution in [1.29, 1.82) is 0 Å². The van der Waals surface area contributed by atoms with Gasteiger partial charge in [0.1, 0.15) is 0 Å². The van der Waals surface area contributed by atoms with Crippen molar-refractivity contribution < 1.29 is 4.79 Å². The summed E-state index contributed by atoms with van der Waals surface area (Å²) in [4.78, 5) is 27.7. The normalized spacial score (nSPS) is 10.8. The molecule has 0 aliphatic rings. The molecule has 4 nitrogen and oxygen atoms in total. The lowest BCUT2D eigenvalue weighted by Gasteiger charge is -2.05. The van der Waals surface area contributed by atoms with E-state index >= 15 is 0 Å². The molecule has 106 valence electrons. The second-order valence-corrected chi connectivity index (χ2v) is 6.25. The van der Waals surface area contributed by atoms with Gasteiger partial charge in [-0.25, -0.2) is 0 Å². The molecule has 0 aromatic carbocycles. The van der Waals surface area contributed by atoms with E-state index in [0.717, 1.165) is 10.4 Å². The molecule has 1 amide bonds. The van der Waals surface area contributed by atoms with Crippen LogP contribution in [0.15, 0.2) is 29.2 Å². The monoisotopic (exact) mass is 290 g/mol. The number of thiophene rings is 1. The van der Waals surface area contributed by atoms with Crippen molar-refractivity contribution in [3.05, 3.63) is 45.2 Å². The minimum atomic E-state index is -0.0831. The summed E-state index contributed by atoms with van der Waals surface area (Å²) in [6.07, 6.45) is 1.68. The first-order chi connectivity index (χ1) is 9.47. The summed E-state index contributed by atoms with van der Waals surface area (Å²) in [5.41, 5.74) is 1.51. The predicted octanol–water partition coefficient (Wildman–Crippen LogP) is 2.80. The van der Waals surface area contributed by atoms with Gasteiger partial charge < -0.3 is 10.3 Å². The van der Waals surface area contributed by atoms with Crippen LogP contribution in [0, 0.1) is 12.8 Å². The number of amides is 1. The molecule has 20 heavy (non-hydrogen) atoms. The Balaban J connectivity index is 2.18. The van der Waals surface area contributed by atoms with Gasteiger partial charge in [-0.1, -0.05) is 13.8 Å². The highest BCUT2D eigenvalue weighted by atomic mass is 32.1. The predicted molar refractivity (Wildman–Crippen MR) is 82.3 cm³/mol. The van der Waals surface area contributed by atoms with Gasteiger partial charge >= 0.3 is 0 Å². The van der Waals surface area contributed by atoms with E-state index in [0.29, 0.717) is 22.9 Å². The van der Waals surface area contributed by atoms with Crippen molar-refractivity contribution in [2.45, 2.75) is 20.8 Å². The van der Waals surface area contributed by atoms with Gasteiger partial charge in [-0.2, -0.15) is 0 Å². The summed E-state index contributed by atoms with van der Waals surface area (Å²) in [6.45, 7) is 6.56. The molecule has 0 saturated heterocycles. The second kappa shape index (κ2) is 6.05. The number of pyridine rings is 1. The Bertz CT molecular complexity index is 671. The SMILES string of the molecule is Cc1cc(-c2ccc(C(=O)NCC(C)C)s2)c[nH]c1=O. The topological polar surface area (TPSA) is 62.0 Å². The molecule has 0 spiro atoms. The highest BCUT2D eigenvalue weighted by Gasteiger charge is 2.11. The van der Waals surface area contributed by atoms with E-state index in [1.165, 1.54) is 11.3 Å². The molecular formula is C15H18N2O2S. The van der Waals surface area contributed by atoms with Crippen LogP contribution in [-0.2, 0) is 0 Å². The van der Waals surface area contributed by atoms with E-state index in [2.05, 4.69) is 24.1 Å². The quantitative estimate of drug-likeness (QED) is 0.909. The molecule has 0 radical (unpaired) electrons. The zero-order valence-corrected chi connectivity index (χ0v) is 12.6. The molecule has 2 aromatic heterocycles. The Labute approximate surface area is 121 Å². The number of aryl methyl sites for hydroxylation is 1. The number of carbonyl (C=O) groups excluding carboxylic acids is 1. The number of H-pyrrole nitrogens is 1. The number of nitrogens with one attached hydrogen (secondary N) is 2. The van der Waals surface area contributed by atoms with Gasteiger partial charge in [0.25, 0.3) is 11.5 Å². The number of carbonyl (C=O) groups is 1. The fraction of sp³-hybridized carbons (Fsp3) is 0.333. The minimum Gasteiger partial charge on any atom is -0.351 e. The van der Waals surface area contributed by atoms with E-state index in [1.54, 1.807) is 13.1 Å². The first-order valence-electron chi connectivity index (χ1n) is 6.55. The first-order valence-corrected chi connectivity index (χ1v) is 7.36. The molecule has 2 rings (SSSR count). The lowest BCUT2D eigenvalue weighted by Crippen LogP contribution is -2.26. The van der Waals surface area contributed by atoms with E-state index < -0.39 is 0 Å². The highest BCUT2D eigenvalue weighted by Crippen LogP contribution is 2.27. The van der Waals surface area contributed by atoms with Crippen molar-refractivity contribution >= 4 is 17.2 Å². The Hall–Kier alpha value is -1.88. The van der Waals surface area contributed by atoms with Gasteiger partial charge in [0.15, 0.2) is 0 Å². The Morgan fingerprint density at radius 2 is 2.15 bits per heavy atom. The maximum Gasteiger partial charge on any atom is 0.261 e. The summed E-state index contributed by atoms with van der Waals surface area (Å²) in [5.74, 6) is 0.385. The zero-order chi connectivity index (χ0) is 14.7. The summed E-state index contributed by atoms with van der Waals surface area (Å²) < 4.78 is 0. The second-order valence-electron chi connectivity index (χ2n) is 5.17. The van der Waals surface area contributed by atoms with E-state index in [4.69, 9.17) is 0 Å². The molecule has 0 bridgehead atoms. The third kappa shape index (κ3) is 3.36. The first kappa shape index (κ1) is 14.5. The highest BCUT2D eigenvalue weighted by molar-refractivity contribution is 7.17. The summed E-state index contributed by atoms with van der Waals surface area (Å²) in [5, 5.41) is 2.90. The van der Waals surface area contributed by atoms with Crippen LogP contribution in [0.3, 0.4) is 0 Å². The van der Waals surface area contributed by atoms with Crippen molar-refractivity contribution in [1.82, 2.24) is 10.3 Å². The third-order valence-corrected chi connectivity index (χ3v) is 4.01. The van der Waals surface area contributed by atoms with Crippen LogP contribution < -0.4 is 10.9 Å². The largest absolute Gasteiger partial charge is 0.351 e. The van der Waals surface area contributed by atoms with Gasteiger partial charge in [-0.3, -0.25) is 9.59 Å². The molecule has 0 aliphatic carbocycles. The molecule has 0 saturated carbocycles. The molecular weight excluding hydrogens is 272 g/mol. The molecule has 0 atom stereocenters. The summed E-state index contributed by atoms with van der Waals surface area (Å²) in [6, 6.07) is 5.55. The summed E-state index contributed by atoms with van der Waals surface area (Å²) in [7, 11) is 0. The van der Waals surface area contributed by atoms with E-state index in [1.807, 2.05) is 18.2 Å². The maximum atomic E-state index is 12.0. The average Bonchev–Trinajstić information content (AvgIpc) is 2.89. The van der Waals surface area contributed by atoms with Crippen LogP contribution >= 0.6 is 11.3 Å². The van der Waals surface area contributed by atoms with Crippen LogP contribution in [0.1, 0.15) is 29.1 Å². The standard InChI is InChI=1S/C15H18N2O2S/c1-9(2)7-16-15(19)13-5-4-12(20-13)11-6-10(3)14(18)17-8-11/h4-6,8-9H,7H2,1-3H3,(H,16,19)(H,17,18). The Morgan fingerprint density at radius 1 is 1.40 bits per heavy atom. The van der Waals surface area contributed by atoms with Crippen LogP contribution in [0.4, 0.5) is 0 Å². The maximum absolute atomic E-state index is 12.0. The summed E-state index contributed by atoms with van der Waals surface area (Å²) >= 11 is 1.43. The Kier molecular flexibility index (Phi) is 4.39. The minimum absolute atomic E-state index is 0.0453. The molecule has 0 unspecified atom stereocenters. The fourth-order valence-electron chi connectivity index (χ4n) is 1.74. The lowest BCUT2D eigenvalue weighted by atomic mass is 10.2.